The van der Waals surface area contributed by atoms with Crippen LogP contribution in [0.4, 0.5) is 0 Å². The van der Waals surface area contributed by atoms with Crippen molar-refractivity contribution in [2.45, 2.75) is 50.5 Å². The third kappa shape index (κ3) is 7.43. The number of benzene rings is 1. The van der Waals surface area contributed by atoms with E-state index in [0.717, 1.165) is 25.4 Å². The van der Waals surface area contributed by atoms with Crippen LogP contribution in [-0.2, 0) is 9.84 Å². The largest absolute Gasteiger partial charge is 0.356 e. The van der Waals surface area contributed by atoms with Gasteiger partial charge in [0.2, 0.25) is 0 Å². The Balaban J connectivity index is 1.77. The maximum Gasteiger partial charge on any atom is 0.191 e. The third-order valence-corrected chi connectivity index (χ3v) is 7.23. The Morgan fingerprint density at radius 1 is 1.25 bits per heavy atom. The molecule has 7 heteroatoms. The number of sulfone groups is 1. The molecule has 0 bridgehead atoms. The normalized spacial score (nSPS) is 18.0. The van der Waals surface area contributed by atoms with Crippen LogP contribution < -0.4 is 10.6 Å². The average molecular weight is 409 g/mol. The summed E-state index contributed by atoms with van der Waals surface area (Å²) in [6.07, 6.45) is 4.35. The van der Waals surface area contributed by atoms with Crippen LogP contribution >= 0.6 is 0 Å². The van der Waals surface area contributed by atoms with Crippen molar-refractivity contribution in [1.29, 1.82) is 0 Å². The lowest BCUT2D eigenvalue weighted by Crippen LogP contribution is -2.46. The highest BCUT2D eigenvalue weighted by atomic mass is 32.2. The van der Waals surface area contributed by atoms with Gasteiger partial charge in [-0.25, -0.2) is 8.42 Å². The maximum absolute atomic E-state index is 12.6. The summed E-state index contributed by atoms with van der Waals surface area (Å²) >= 11 is 0. The first-order valence-corrected chi connectivity index (χ1v) is 12.1. The van der Waals surface area contributed by atoms with Crippen molar-refractivity contribution in [1.82, 2.24) is 15.5 Å². The Hall–Kier alpha value is -1.60. The molecule has 1 atom stereocenters. The molecule has 1 unspecified atom stereocenters. The van der Waals surface area contributed by atoms with Crippen LogP contribution in [0, 0.1) is 5.92 Å². The summed E-state index contributed by atoms with van der Waals surface area (Å²) < 4.78 is 25.2. The fraction of sp³-hybridized carbons (Fsp3) is 0.667. The number of hydrogen-bond donors (Lipinski definition) is 2. The molecule has 2 rings (SSSR count). The molecule has 0 aliphatic carbocycles. The van der Waals surface area contributed by atoms with Crippen molar-refractivity contribution in [2.75, 3.05) is 39.0 Å². The molecule has 1 aliphatic rings. The van der Waals surface area contributed by atoms with Crippen LogP contribution in [0.1, 0.15) is 39.5 Å². The minimum absolute atomic E-state index is 0.0557. The Morgan fingerprint density at radius 3 is 2.54 bits per heavy atom. The van der Waals surface area contributed by atoms with E-state index in [4.69, 9.17) is 0 Å². The number of piperidine rings is 1. The monoisotopic (exact) mass is 408 g/mol. The lowest BCUT2D eigenvalue weighted by Gasteiger charge is -2.30. The van der Waals surface area contributed by atoms with Crippen LogP contribution in [0.3, 0.4) is 0 Å². The molecule has 2 N–H and O–H groups in total. The van der Waals surface area contributed by atoms with Crippen molar-refractivity contribution in [3.8, 4) is 0 Å². The SMILES string of the molecule is CCC(CS(=O)(=O)c1ccccc1)NC(=NC)NCCCN1CCC(C)CC1. The van der Waals surface area contributed by atoms with Gasteiger partial charge in [-0.15, -0.1) is 0 Å². The van der Waals surface area contributed by atoms with E-state index < -0.39 is 9.84 Å². The van der Waals surface area contributed by atoms with E-state index in [2.05, 4.69) is 27.4 Å². The molecule has 1 aromatic rings. The lowest BCUT2D eigenvalue weighted by atomic mass is 9.99. The second kappa shape index (κ2) is 11.4. The lowest BCUT2D eigenvalue weighted by molar-refractivity contribution is 0.191. The highest BCUT2D eigenvalue weighted by Gasteiger charge is 2.21. The molecule has 158 valence electrons. The highest BCUT2D eigenvalue weighted by molar-refractivity contribution is 7.91. The number of nitrogens with one attached hydrogen (secondary N) is 2. The van der Waals surface area contributed by atoms with Crippen LogP contribution in [0.5, 0.6) is 0 Å². The second-order valence-electron chi connectivity index (χ2n) is 7.72. The molecule has 1 aliphatic heterocycles. The third-order valence-electron chi connectivity index (χ3n) is 5.40. The van der Waals surface area contributed by atoms with E-state index in [0.29, 0.717) is 17.3 Å². The van der Waals surface area contributed by atoms with Crippen LogP contribution in [0.25, 0.3) is 0 Å². The predicted molar refractivity (Wildman–Crippen MR) is 117 cm³/mol. The van der Waals surface area contributed by atoms with Gasteiger partial charge in [0.15, 0.2) is 15.8 Å². The Kier molecular flexibility index (Phi) is 9.25. The van der Waals surface area contributed by atoms with E-state index >= 15 is 0 Å². The quantitative estimate of drug-likeness (QED) is 0.373. The van der Waals surface area contributed by atoms with E-state index in [9.17, 15) is 8.42 Å². The minimum atomic E-state index is -3.32. The van der Waals surface area contributed by atoms with E-state index in [1.54, 1.807) is 31.3 Å². The van der Waals surface area contributed by atoms with Gasteiger partial charge in [-0.05, 0) is 63.4 Å². The summed E-state index contributed by atoms with van der Waals surface area (Å²) in [4.78, 5) is 7.16. The van der Waals surface area contributed by atoms with Gasteiger partial charge in [0.1, 0.15) is 0 Å². The fourth-order valence-electron chi connectivity index (χ4n) is 3.43. The average Bonchev–Trinajstić information content (AvgIpc) is 2.71. The zero-order valence-electron chi connectivity index (χ0n) is 17.5. The molecule has 1 fully saturated rings. The summed E-state index contributed by atoms with van der Waals surface area (Å²) in [7, 11) is -1.60. The number of nitrogens with zero attached hydrogens (tertiary/aromatic N) is 2. The number of guanidine groups is 1. The summed E-state index contributed by atoms with van der Waals surface area (Å²) in [5.74, 6) is 1.58. The van der Waals surface area contributed by atoms with E-state index in [1.807, 2.05) is 13.0 Å². The summed E-state index contributed by atoms with van der Waals surface area (Å²) in [6.45, 7) is 8.64. The maximum atomic E-state index is 12.6. The molecule has 0 radical (unpaired) electrons. The number of hydrogen-bond acceptors (Lipinski definition) is 4. The smallest absolute Gasteiger partial charge is 0.191 e. The first-order chi connectivity index (χ1) is 13.4. The number of likely N-dealkylation sites (tertiary alicyclic amines) is 1. The molecule has 0 aromatic heterocycles. The molecule has 6 nitrogen and oxygen atoms in total. The summed E-state index contributed by atoms with van der Waals surface area (Å²) in [5, 5.41) is 6.60. The van der Waals surface area contributed by atoms with Crippen LogP contribution in [-0.4, -0.2) is 64.3 Å². The predicted octanol–water partition coefficient (Wildman–Crippen LogP) is 2.53. The van der Waals surface area contributed by atoms with E-state index in [1.165, 1.54) is 25.9 Å². The zero-order valence-corrected chi connectivity index (χ0v) is 18.3. The van der Waals surface area contributed by atoms with Gasteiger partial charge >= 0.3 is 0 Å². The van der Waals surface area contributed by atoms with Gasteiger partial charge < -0.3 is 15.5 Å². The fourth-order valence-corrected chi connectivity index (χ4v) is 5.05. The van der Waals surface area contributed by atoms with Gasteiger partial charge in [0, 0.05) is 19.6 Å². The molecule has 1 saturated heterocycles. The van der Waals surface area contributed by atoms with Crippen molar-refractivity contribution in [2.24, 2.45) is 10.9 Å². The summed E-state index contributed by atoms with van der Waals surface area (Å²) in [5.41, 5.74) is 0. The van der Waals surface area contributed by atoms with Crippen LogP contribution in [0.15, 0.2) is 40.2 Å². The summed E-state index contributed by atoms with van der Waals surface area (Å²) in [6, 6.07) is 8.45. The molecular weight excluding hydrogens is 372 g/mol. The highest BCUT2D eigenvalue weighted by Crippen LogP contribution is 2.15. The van der Waals surface area contributed by atoms with Crippen molar-refractivity contribution in [3.63, 3.8) is 0 Å². The molecule has 0 spiro atoms. The standard InChI is InChI=1S/C21H36N4O2S/c1-4-19(17-28(26,27)20-9-6-5-7-10-20)24-21(22-3)23-13-8-14-25-15-11-18(2)12-16-25/h5-7,9-10,18-19H,4,8,11-17H2,1-3H3,(H2,22,23,24). The van der Waals surface area contributed by atoms with Crippen molar-refractivity contribution in [3.05, 3.63) is 30.3 Å². The molecule has 1 heterocycles. The van der Waals surface area contributed by atoms with Gasteiger partial charge in [0.25, 0.3) is 0 Å². The molecular formula is C21H36N4O2S. The Morgan fingerprint density at radius 2 is 1.93 bits per heavy atom. The molecule has 0 amide bonds. The minimum Gasteiger partial charge on any atom is -0.356 e. The zero-order chi connectivity index (χ0) is 20.4. The van der Waals surface area contributed by atoms with Gasteiger partial charge in [-0.3, -0.25) is 4.99 Å². The van der Waals surface area contributed by atoms with E-state index in [-0.39, 0.29) is 11.8 Å². The van der Waals surface area contributed by atoms with Gasteiger partial charge in [-0.1, -0.05) is 32.0 Å². The Bertz CT molecular complexity index is 698. The first kappa shape index (κ1) is 22.7. The van der Waals surface area contributed by atoms with Gasteiger partial charge in [0.05, 0.1) is 10.6 Å². The number of rotatable bonds is 9. The second-order valence-corrected chi connectivity index (χ2v) is 9.75. The van der Waals surface area contributed by atoms with Crippen molar-refractivity contribution < 1.29 is 8.42 Å². The number of aliphatic imine (C=N–C) groups is 1. The molecule has 0 saturated carbocycles. The first-order valence-electron chi connectivity index (χ1n) is 10.4. The Labute approximate surface area is 170 Å². The topological polar surface area (TPSA) is 73.8 Å². The van der Waals surface area contributed by atoms with Gasteiger partial charge in [-0.2, -0.15) is 0 Å². The van der Waals surface area contributed by atoms with Crippen LogP contribution in [0.2, 0.25) is 0 Å². The molecule has 1 aromatic carbocycles. The molecule has 28 heavy (non-hydrogen) atoms. The van der Waals surface area contributed by atoms with Crippen molar-refractivity contribution >= 4 is 15.8 Å².